The first-order chi connectivity index (χ1) is 16.7. The minimum absolute atomic E-state index is 0.101. The summed E-state index contributed by atoms with van der Waals surface area (Å²) in [4.78, 5) is 22.9. The third-order valence-corrected chi connectivity index (χ3v) is 7.72. The van der Waals surface area contributed by atoms with Gasteiger partial charge in [0.2, 0.25) is 0 Å². The molecule has 3 aromatic carbocycles. The molecule has 1 amide bonds. The van der Waals surface area contributed by atoms with Gasteiger partial charge in [-0.3, -0.25) is 9.69 Å². The van der Waals surface area contributed by atoms with Gasteiger partial charge in [-0.05, 0) is 86.1 Å². The molecule has 35 heavy (non-hydrogen) atoms. The number of anilines is 2. The first kappa shape index (κ1) is 23.5. The maximum Gasteiger partial charge on any atom is 0.271 e. The number of hydrogen-bond donors (Lipinski definition) is 0. The summed E-state index contributed by atoms with van der Waals surface area (Å²) in [6.07, 6.45) is 4.14. The number of nitrogens with zero attached hydrogens (tertiary/aromatic N) is 3. The molecule has 2 heterocycles. The van der Waals surface area contributed by atoms with Crippen molar-refractivity contribution in [1.29, 1.82) is 0 Å². The summed E-state index contributed by atoms with van der Waals surface area (Å²) in [5, 5.41) is 1.23. The number of para-hydroxylation sites is 2. The van der Waals surface area contributed by atoms with Crippen molar-refractivity contribution < 1.29 is 4.79 Å². The SMILES string of the molecule is CC1=CC(C)(C)N(C)c2cc(Cl)c(/C=C3\SC(=Nc4ccccc4)N(c4ccccc4)C3=O)cc21. The number of hydrogen-bond acceptors (Lipinski definition) is 4. The Kier molecular flexibility index (Phi) is 6.07. The lowest BCUT2D eigenvalue weighted by Crippen LogP contribution is -2.42. The van der Waals surface area contributed by atoms with Crippen LogP contribution in [0.1, 0.15) is 31.9 Å². The quantitative estimate of drug-likeness (QED) is 0.345. The number of allylic oxidation sites excluding steroid dienone is 1. The molecule has 0 atom stereocenters. The van der Waals surface area contributed by atoms with Crippen molar-refractivity contribution in [2.24, 2.45) is 4.99 Å². The number of rotatable bonds is 3. The number of amides is 1. The van der Waals surface area contributed by atoms with Crippen LogP contribution < -0.4 is 9.80 Å². The number of aliphatic imine (C=N–C) groups is 1. The highest BCUT2D eigenvalue weighted by Crippen LogP contribution is 2.43. The van der Waals surface area contributed by atoms with Crippen LogP contribution in [0.15, 0.2) is 88.8 Å². The normalized spacial score (nSPS) is 19.3. The van der Waals surface area contributed by atoms with E-state index in [-0.39, 0.29) is 11.4 Å². The molecule has 0 spiro atoms. The molecule has 176 valence electrons. The number of thioether (sulfide) groups is 1. The zero-order valence-electron chi connectivity index (χ0n) is 20.1. The van der Waals surface area contributed by atoms with Crippen LogP contribution in [-0.2, 0) is 4.79 Å². The first-order valence-electron chi connectivity index (χ1n) is 11.4. The van der Waals surface area contributed by atoms with E-state index in [1.165, 1.54) is 17.3 Å². The van der Waals surface area contributed by atoms with Crippen LogP contribution in [0.2, 0.25) is 5.02 Å². The largest absolute Gasteiger partial charge is 0.365 e. The third kappa shape index (κ3) is 4.42. The second-order valence-electron chi connectivity index (χ2n) is 9.25. The summed E-state index contributed by atoms with van der Waals surface area (Å²) in [6, 6.07) is 23.4. The maximum absolute atomic E-state index is 13.6. The molecule has 0 N–H and O–H groups in total. The predicted molar refractivity (Wildman–Crippen MR) is 151 cm³/mol. The van der Waals surface area contributed by atoms with Gasteiger partial charge in [-0.2, -0.15) is 0 Å². The van der Waals surface area contributed by atoms with Gasteiger partial charge in [0.1, 0.15) is 0 Å². The summed E-state index contributed by atoms with van der Waals surface area (Å²) >= 11 is 8.12. The molecule has 2 aliphatic rings. The van der Waals surface area contributed by atoms with E-state index in [1.54, 1.807) is 4.90 Å². The molecule has 2 aliphatic heterocycles. The number of fused-ring (bicyclic) bond motifs is 1. The van der Waals surface area contributed by atoms with Gasteiger partial charge in [-0.25, -0.2) is 4.99 Å². The second-order valence-corrected chi connectivity index (χ2v) is 10.7. The number of amidine groups is 1. The van der Waals surface area contributed by atoms with E-state index in [0.717, 1.165) is 28.2 Å². The van der Waals surface area contributed by atoms with Gasteiger partial charge in [-0.15, -0.1) is 0 Å². The van der Waals surface area contributed by atoms with Crippen molar-refractivity contribution in [3.63, 3.8) is 0 Å². The molecule has 0 radical (unpaired) electrons. The average Bonchev–Trinajstić information content (AvgIpc) is 3.14. The van der Waals surface area contributed by atoms with E-state index < -0.39 is 0 Å². The number of benzene rings is 3. The fourth-order valence-electron chi connectivity index (χ4n) is 4.41. The topological polar surface area (TPSA) is 35.9 Å². The molecule has 0 saturated carbocycles. The fraction of sp³-hybridized carbons (Fsp3) is 0.172. The first-order valence-corrected chi connectivity index (χ1v) is 12.6. The van der Waals surface area contributed by atoms with Crippen LogP contribution >= 0.6 is 23.4 Å². The Hall–Kier alpha value is -3.28. The van der Waals surface area contributed by atoms with Crippen molar-refractivity contribution >= 4 is 63.1 Å². The summed E-state index contributed by atoms with van der Waals surface area (Å²) in [6.45, 7) is 6.49. The molecule has 5 rings (SSSR count). The van der Waals surface area contributed by atoms with Crippen molar-refractivity contribution in [3.8, 4) is 0 Å². The van der Waals surface area contributed by atoms with Crippen molar-refractivity contribution in [1.82, 2.24) is 0 Å². The Labute approximate surface area is 215 Å². The Morgan fingerprint density at radius 1 is 1.00 bits per heavy atom. The summed E-state index contributed by atoms with van der Waals surface area (Å²) in [5.74, 6) is -0.116. The van der Waals surface area contributed by atoms with Crippen LogP contribution in [0, 0.1) is 0 Å². The Balaban J connectivity index is 1.58. The van der Waals surface area contributed by atoms with E-state index in [9.17, 15) is 4.79 Å². The van der Waals surface area contributed by atoms with Gasteiger partial charge in [0.25, 0.3) is 5.91 Å². The number of carbonyl (C=O) groups is 1. The van der Waals surface area contributed by atoms with Crippen LogP contribution in [-0.4, -0.2) is 23.7 Å². The molecule has 3 aromatic rings. The van der Waals surface area contributed by atoms with E-state index in [0.29, 0.717) is 15.1 Å². The molecule has 0 bridgehead atoms. The smallest absolute Gasteiger partial charge is 0.271 e. The molecule has 1 fully saturated rings. The van der Waals surface area contributed by atoms with Crippen molar-refractivity contribution in [3.05, 3.63) is 99.9 Å². The summed E-state index contributed by atoms with van der Waals surface area (Å²) < 4.78 is 0. The Morgan fingerprint density at radius 3 is 2.34 bits per heavy atom. The number of carbonyl (C=O) groups excluding carboxylic acids is 1. The van der Waals surface area contributed by atoms with Gasteiger partial charge < -0.3 is 4.90 Å². The van der Waals surface area contributed by atoms with Gasteiger partial charge >= 0.3 is 0 Å². The highest BCUT2D eigenvalue weighted by molar-refractivity contribution is 8.19. The lowest BCUT2D eigenvalue weighted by molar-refractivity contribution is -0.113. The zero-order chi connectivity index (χ0) is 24.7. The Bertz CT molecular complexity index is 1390. The molecular weight excluding hydrogens is 474 g/mol. The summed E-state index contributed by atoms with van der Waals surface area (Å²) in [7, 11) is 2.08. The van der Waals surface area contributed by atoms with Crippen LogP contribution in [0.3, 0.4) is 0 Å². The van der Waals surface area contributed by atoms with Crippen LogP contribution in [0.25, 0.3) is 11.6 Å². The van der Waals surface area contributed by atoms with E-state index in [4.69, 9.17) is 16.6 Å². The van der Waals surface area contributed by atoms with E-state index in [1.807, 2.05) is 72.8 Å². The molecule has 1 saturated heterocycles. The highest BCUT2D eigenvalue weighted by atomic mass is 35.5. The average molecular weight is 500 g/mol. The summed E-state index contributed by atoms with van der Waals surface area (Å²) in [5.41, 5.74) is 5.70. The minimum atomic E-state index is -0.116. The minimum Gasteiger partial charge on any atom is -0.365 e. The second kappa shape index (κ2) is 9.06. The molecule has 0 unspecified atom stereocenters. The number of halogens is 1. The van der Waals surface area contributed by atoms with Crippen molar-refractivity contribution in [2.45, 2.75) is 26.3 Å². The molecular formula is C29H26ClN3OS. The third-order valence-electron chi connectivity index (χ3n) is 6.42. The van der Waals surface area contributed by atoms with Crippen molar-refractivity contribution in [2.75, 3.05) is 16.8 Å². The maximum atomic E-state index is 13.6. The molecule has 4 nitrogen and oxygen atoms in total. The standard InChI is InChI=1S/C29H26ClN3OS/c1-19-18-29(2,3)32(4)25-17-24(30)20(15-23(19)25)16-26-27(34)33(22-13-9-6-10-14-22)28(35-26)31-21-11-7-5-8-12-21/h5-18H,1-4H3/b26-16-,31-28?. The molecule has 6 heteroatoms. The predicted octanol–water partition coefficient (Wildman–Crippen LogP) is 7.78. The van der Waals surface area contributed by atoms with Gasteiger partial charge in [0.15, 0.2) is 5.17 Å². The van der Waals surface area contributed by atoms with Gasteiger partial charge in [-0.1, -0.05) is 54.1 Å². The lowest BCUT2D eigenvalue weighted by Gasteiger charge is -2.40. The molecule has 0 aliphatic carbocycles. The van der Waals surface area contributed by atoms with E-state index in [2.05, 4.69) is 44.9 Å². The highest BCUT2D eigenvalue weighted by Gasteiger charge is 2.35. The number of likely N-dealkylation sites (N-methyl/N-ethyl adjacent to an activating group) is 1. The van der Waals surface area contributed by atoms with E-state index >= 15 is 0 Å². The van der Waals surface area contributed by atoms with Crippen LogP contribution in [0.4, 0.5) is 17.1 Å². The molecule has 0 aromatic heterocycles. The van der Waals surface area contributed by atoms with Gasteiger partial charge in [0.05, 0.1) is 21.8 Å². The fourth-order valence-corrected chi connectivity index (χ4v) is 5.61. The van der Waals surface area contributed by atoms with Gasteiger partial charge in [0, 0.05) is 23.3 Å². The van der Waals surface area contributed by atoms with Crippen LogP contribution in [0.5, 0.6) is 0 Å². The zero-order valence-corrected chi connectivity index (χ0v) is 21.7. The lowest BCUT2D eigenvalue weighted by atomic mass is 9.88. The Morgan fingerprint density at radius 2 is 1.66 bits per heavy atom. The monoisotopic (exact) mass is 499 g/mol.